The van der Waals surface area contributed by atoms with Crippen LogP contribution >= 0.6 is 22.6 Å². The predicted molar refractivity (Wildman–Crippen MR) is 111 cm³/mol. The summed E-state index contributed by atoms with van der Waals surface area (Å²) in [7, 11) is 0. The van der Waals surface area contributed by atoms with Gasteiger partial charge in [0.2, 0.25) is 0 Å². The highest BCUT2D eigenvalue weighted by Gasteiger charge is 2.73. The first kappa shape index (κ1) is 26.8. The fourth-order valence-electron chi connectivity index (χ4n) is 3.08. The fourth-order valence-corrected chi connectivity index (χ4v) is 3.91. The molecule has 0 aliphatic rings. The van der Waals surface area contributed by atoms with Crippen LogP contribution in [0.1, 0.15) is 15.9 Å². The smallest absolute Gasteiger partial charge is 0.432 e. The molecule has 35 heavy (non-hydrogen) atoms. The summed E-state index contributed by atoms with van der Waals surface area (Å²) in [4.78, 5) is 16.7. The van der Waals surface area contributed by atoms with Crippen molar-refractivity contribution in [3.63, 3.8) is 0 Å². The SMILES string of the molecule is O=C(c1ccc2cccnc2c1)N(O)c1c(I)cc(C(F)(C(F)(F)F)C(F)(F)F)cc1OC(F)F. The average Bonchev–Trinajstić information content (AvgIpc) is 2.75. The molecule has 3 rings (SSSR count). The number of benzene rings is 2. The van der Waals surface area contributed by atoms with Gasteiger partial charge in [-0.3, -0.25) is 15.0 Å². The molecule has 1 aromatic heterocycles. The molecule has 188 valence electrons. The van der Waals surface area contributed by atoms with Gasteiger partial charge in [0.25, 0.3) is 5.91 Å². The highest BCUT2D eigenvalue weighted by Crippen LogP contribution is 2.54. The third-order valence-electron chi connectivity index (χ3n) is 4.68. The van der Waals surface area contributed by atoms with Crippen molar-refractivity contribution in [1.82, 2.24) is 4.98 Å². The molecule has 0 radical (unpaired) electrons. The first-order valence-corrected chi connectivity index (χ1v) is 10.1. The number of hydroxylamine groups is 1. The number of hydrogen-bond acceptors (Lipinski definition) is 4. The Hall–Kier alpha value is -2.82. The maximum Gasteiger partial charge on any atom is 0.435 e. The maximum absolute atomic E-state index is 14.5. The molecule has 0 saturated carbocycles. The number of fused-ring (bicyclic) bond motifs is 1. The number of carbonyl (C=O) groups excluding carboxylic acids is 1. The summed E-state index contributed by atoms with van der Waals surface area (Å²) in [5.41, 5.74) is -9.14. The van der Waals surface area contributed by atoms with Gasteiger partial charge in [0.15, 0.2) is 5.75 Å². The van der Waals surface area contributed by atoms with E-state index in [-0.39, 0.29) is 28.3 Å². The molecular formula is C20H10F9IN2O3. The fraction of sp³-hybridized carbons (Fsp3) is 0.200. The van der Waals surface area contributed by atoms with E-state index < -0.39 is 51.1 Å². The molecule has 1 amide bonds. The Balaban J connectivity index is 2.16. The van der Waals surface area contributed by atoms with Gasteiger partial charge in [0, 0.05) is 26.3 Å². The molecule has 15 heteroatoms. The Kier molecular flexibility index (Phi) is 7.14. The number of aromatic nitrogens is 1. The first-order chi connectivity index (χ1) is 16.1. The molecule has 0 spiro atoms. The van der Waals surface area contributed by atoms with E-state index in [0.717, 1.165) is 22.6 Å². The van der Waals surface area contributed by atoms with Crippen LogP contribution in [0.5, 0.6) is 5.75 Å². The minimum Gasteiger partial charge on any atom is -0.432 e. The van der Waals surface area contributed by atoms with Crippen LogP contribution < -0.4 is 9.80 Å². The third kappa shape index (κ3) is 4.96. The van der Waals surface area contributed by atoms with Crippen molar-refractivity contribution in [1.29, 1.82) is 0 Å². The molecular weight excluding hydrogens is 614 g/mol. The zero-order valence-corrected chi connectivity index (χ0v) is 18.8. The second-order valence-corrected chi connectivity index (χ2v) is 8.03. The quantitative estimate of drug-likeness (QED) is 0.148. The lowest BCUT2D eigenvalue weighted by atomic mass is 9.93. The molecule has 0 unspecified atom stereocenters. The molecule has 0 atom stereocenters. The number of pyridine rings is 1. The number of nitrogens with zero attached hydrogens (tertiary/aromatic N) is 2. The van der Waals surface area contributed by atoms with Crippen LogP contribution in [-0.4, -0.2) is 35.1 Å². The second kappa shape index (κ2) is 9.33. The van der Waals surface area contributed by atoms with Gasteiger partial charge in [-0.15, -0.1) is 0 Å². The highest BCUT2D eigenvalue weighted by molar-refractivity contribution is 14.1. The van der Waals surface area contributed by atoms with Gasteiger partial charge in [-0.25, -0.2) is 4.39 Å². The van der Waals surface area contributed by atoms with E-state index in [4.69, 9.17) is 0 Å². The van der Waals surface area contributed by atoms with E-state index in [2.05, 4.69) is 9.72 Å². The van der Waals surface area contributed by atoms with Crippen molar-refractivity contribution in [2.45, 2.75) is 24.6 Å². The van der Waals surface area contributed by atoms with E-state index in [1.54, 1.807) is 12.1 Å². The van der Waals surface area contributed by atoms with Crippen LogP contribution in [0.25, 0.3) is 10.9 Å². The zero-order valence-electron chi connectivity index (χ0n) is 16.6. The van der Waals surface area contributed by atoms with Gasteiger partial charge in [0.05, 0.1) is 5.52 Å². The molecule has 0 saturated heterocycles. The van der Waals surface area contributed by atoms with Gasteiger partial charge >= 0.3 is 24.6 Å². The minimum atomic E-state index is -6.54. The normalized spacial score (nSPS) is 12.8. The lowest BCUT2D eigenvalue weighted by molar-refractivity contribution is -0.348. The molecule has 5 nitrogen and oxygen atoms in total. The molecule has 3 aromatic rings. The molecule has 1 N–H and O–H groups in total. The number of carbonyl (C=O) groups is 1. The standard InChI is InChI=1S/C20H10F9IN2O3/c21-17(22)35-14-8-11(18(23,19(24,25)26)20(27,28)29)7-12(30)15(14)32(34)16(33)10-4-3-9-2-1-5-31-13(9)6-10/h1-8,17,34H. The summed E-state index contributed by atoms with van der Waals surface area (Å²) in [6.45, 7) is -3.82. The maximum atomic E-state index is 14.5. The Labute approximate surface area is 203 Å². The lowest BCUT2D eigenvalue weighted by Gasteiger charge is -2.31. The van der Waals surface area contributed by atoms with Gasteiger partial charge in [-0.05, 0) is 52.9 Å². The summed E-state index contributed by atoms with van der Waals surface area (Å²) in [6, 6.07) is 6.73. The van der Waals surface area contributed by atoms with Crippen LogP contribution in [0.3, 0.4) is 0 Å². The number of rotatable bonds is 5. The van der Waals surface area contributed by atoms with Crippen LogP contribution in [0.4, 0.5) is 45.2 Å². The van der Waals surface area contributed by atoms with Crippen molar-refractivity contribution >= 4 is 45.1 Å². The zero-order chi connectivity index (χ0) is 26.3. The Bertz CT molecular complexity index is 1250. The topological polar surface area (TPSA) is 62.7 Å². The number of hydrogen-bond donors (Lipinski definition) is 1. The molecule has 0 fully saturated rings. The highest BCUT2D eigenvalue weighted by atomic mass is 127. The minimum absolute atomic E-state index is 0.00759. The van der Waals surface area contributed by atoms with Crippen molar-refractivity contribution in [2.75, 3.05) is 5.06 Å². The molecule has 0 aliphatic heterocycles. The summed E-state index contributed by atoms with van der Waals surface area (Å²) in [5, 5.41) is 10.7. The van der Waals surface area contributed by atoms with Gasteiger partial charge < -0.3 is 4.74 Å². The first-order valence-electron chi connectivity index (χ1n) is 9.07. The third-order valence-corrected chi connectivity index (χ3v) is 5.50. The molecule has 0 aliphatic carbocycles. The van der Waals surface area contributed by atoms with Gasteiger partial charge in [-0.2, -0.15) is 40.2 Å². The monoisotopic (exact) mass is 624 g/mol. The predicted octanol–water partition coefficient (Wildman–Crippen LogP) is 6.77. The van der Waals surface area contributed by atoms with Crippen LogP contribution in [0.2, 0.25) is 0 Å². The van der Waals surface area contributed by atoms with E-state index in [1.807, 2.05) is 0 Å². The van der Waals surface area contributed by atoms with Gasteiger partial charge in [-0.1, -0.05) is 12.1 Å². The molecule has 1 heterocycles. The number of amides is 1. The summed E-state index contributed by atoms with van der Waals surface area (Å²) >= 11 is 1.04. The molecule has 2 aromatic carbocycles. The number of alkyl halides is 9. The van der Waals surface area contributed by atoms with Crippen molar-refractivity contribution < 1.29 is 54.3 Å². The van der Waals surface area contributed by atoms with Crippen LogP contribution in [0.15, 0.2) is 48.7 Å². The Morgan fingerprint density at radius 3 is 2.20 bits per heavy atom. The van der Waals surface area contributed by atoms with Gasteiger partial charge in [0.1, 0.15) is 5.69 Å². The van der Waals surface area contributed by atoms with E-state index in [0.29, 0.717) is 5.39 Å². The van der Waals surface area contributed by atoms with Crippen LogP contribution in [0, 0.1) is 3.57 Å². The summed E-state index contributed by atoms with van der Waals surface area (Å²) < 4.78 is 122. The number of ether oxygens (including phenoxy) is 1. The number of anilines is 1. The van der Waals surface area contributed by atoms with Crippen molar-refractivity contribution in [2.24, 2.45) is 0 Å². The van der Waals surface area contributed by atoms with Crippen molar-refractivity contribution in [3.8, 4) is 5.75 Å². The van der Waals surface area contributed by atoms with E-state index in [1.165, 1.54) is 24.4 Å². The summed E-state index contributed by atoms with van der Waals surface area (Å²) in [6.07, 6.45) is -11.7. The molecule has 0 bridgehead atoms. The Morgan fingerprint density at radius 1 is 1.00 bits per heavy atom. The number of halogens is 10. The van der Waals surface area contributed by atoms with Crippen molar-refractivity contribution in [3.05, 3.63) is 63.4 Å². The largest absolute Gasteiger partial charge is 0.435 e. The summed E-state index contributed by atoms with van der Waals surface area (Å²) in [5.74, 6) is -2.83. The lowest BCUT2D eigenvalue weighted by Crippen LogP contribution is -2.50. The van der Waals surface area contributed by atoms with E-state index >= 15 is 0 Å². The Morgan fingerprint density at radius 2 is 1.63 bits per heavy atom. The second-order valence-electron chi connectivity index (χ2n) is 6.87. The van der Waals surface area contributed by atoms with E-state index in [9.17, 15) is 49.5 Å². The van der Waals surface area contributed by atoms with Crippen LogP contribution in [-0.2, 0) is 5.67 Å². The average molecular weight is 624 g/mol.